The number of pyridine rings is 1. The molecule has 3 rings (SSSR count). The highest BCUT2D eigenvalue weighted by molar-refractivity contribution is 6.30. The van der Waals surface area contributed by atoms with E-state index in [0.717, 1.165) is 6.07 Å². The molecular weight excluding hydrogens is 354 g/mol. The minimum absolute atomic E-state index is 0.0726. The number of benzene rings is 2. The van der Waals surface area contributed by atoms with E-state index < -0.39 is 11.5 Å². The number of ether oxygens (including phenoxy) is 1. The fraction of sp³-hybridized carbons (Fsp3) is 0.0500. The summed E-state index contributed by atoms with van der Waals surface area (Å²) in [6.07, 6.45) is 1.35. The SMILES string of the molecule is COC(=O)c1cc(=O)n(-c2ccc(Cl)cc2)cc1C(=O)c1ccccc1. The van der Waals surface area contributed by atoms with Crippen molar-refractivity contribution >= 4 is 23.4 Å². The van der Waals surface area contributed by atoms with Gasteiger partial charge in [0.2, 0.25) is 0 Å². The Morgan fingerprint density at radius 1 is 0.962 bits per heavy atom. The molecule has 0 atom stereocenters. The van der Waals surface area contributed by atoms with Crippen LogP contribution in [0.2, 0.25) is 5.02 Å². The van der Waals surface area contributed by atoms with Gasteiger partial charge in [0.25, 0.3) is 5.56 Å². The number of aromatic nitrogens is 1. The maximum atomic E-state index is 12.9. The summed E-state index contributed by atoms with van der Waals surface area (Å²) in [5.74, 6) is -1.13. The second-order valence-corrected chi connectivity index (χ2v) is 5.91. The van der Waals surface area contributed by atoms with Gasteiger partial charge < -0.3 is 4.74 Å². The van der Waals surface area contributed by atoms with Crippen LogP contribution in [0.1, 0.15) is 26.3 Å². The Morgan fingerprint density at radius 3 is 2.23 bits per heavy atom. The zero-order valence-electron chi connectivity index (χ0n) is 13.8. The van der Waals surface area contributed by atoms with E-state index in [1.54, 1.807) is 54.6 Å². The van der Waals surface area contributed by atoms with E-state index in [-0.39, 0.29) is 16.9 Å². The predicted molar refractivity (Wildman–Crippen MR) is 98.3 cm³/mol. The molecular formula is C20H14ClNO4. The average Bonchev–Trinajstić information content (AvgIpc) is 2.68. The molecule has 0 unspecified atom stereocenters. The van der Waals surface area contributed by atoms with E-state index in [1.165, 1.54) is 17.9 Å². The Hall–Kier alpha value is -3.18. The summed E-state index contributed by atoms with van der Waals surface area (Å²) in [7, 11) is 1.20. The van der Waals surface area contributed by atoms with E-state index in [1.807, 2.05) is 0 Å². The van der Waals surface area contributed by atoms with Crippen LogP contribution in [0.15, 0.2) is 71.7 Å². The lowest BCUT2D eigenvalue weighted by Gasteiger charge is -2.12. The molecule has 0 bridgehead atoms. The molecule has 26 heavy (non-hydrogen) atoms. The first-order valence-corrected chi connectivity index (χ1v) is 8.10. The maximum Gasteiger partial charge on any atom is 0.338 e. The normalized spacial score (nSPS) is 10.4. The fourth-order valence-corrected chi connectivity index (χ4v) is 2.67. The number of methoxy groups -OCH3 is 1. The minimum atomic E-state index is -0.746. The standard InChI is InChI=1S/C20H14ClNO4/c1-26-20(25)16-11-18(23)22(15-9-7-14(21)8-10-15)12-17(16)19(24)13-5-3-2-4-6-13/h2-12H,1H3. The van der Waals surface area contributed by atoms with Gasteiger partial charge in [-0.25, -0.2) is 4.79 Å². The molecule has 6 heteroatoms. The summed E-state index contributed by atoms with van der Waals surface area (Å²) in [5.41, 5.74) is 0.475. The van der Waals surface area contributed by atoms with Crippen molar-refractivity contribution in [3.05, 3.63) is 98.9 Å². The minimum Gasteiger partial charge on any atom is -0.465 e. The third-order valence-electron chi connectivity index (χ3n) is 3.84. The topological polar surface area (TPSA) is 65.4 Å². The van der Waals surface area contributed by atoms with Gasteiger partial charge >= 0.3 is 5.97 Å². The Morgan fingerprint density at radius 2 is 1.62 bits per heavy atom. The quantitative estimate of drug-likeness (QED) is 0.523. The first-order valence-electron chi connectivity index (χ1n) is 7.72. The van der Waals surface area contributed by atoms with Crippen LogP contribution in [0, 0.1) is 0 Å². The molecule has 130 valence electrons. The monoisotopic (exact) mass is 367 g/mol. The van der Waals surface area contributed by atoms with Crippen LogP contribution in [0.5, 0.6) is 0 Å². The molecule has 5 nitrogen and oxygen atoms in total. The Labute approximate surface area is 154 Å². The van der Waals surface area contributed by atoms with E-state index >= 15 is 0 Å². The maximum absolute atomic E-state index is 12.9. The molecule has 0 radical (unpaired) electrons. The van der Waals surface area contributed by atoms with Gasteiger partial charge in [-0.1, -0.05) is 41.9 Å². The van der Waals surface area contributed by atoms with E-state index in [4.69, 9.17) is 16.3 Å². The van der Waals surface area contributed by atoms with Crippen molar-refractivity contribution in [2.45, 2.75) is 0 Å². The number of carbonyl (C=O) groups excluding carboxylic acids is 2. The van der Waals surface area contributed by atoms with Crippen molar-refractivity contribution in [2.75, 3.05) is 7.11 Å². The molecule has 1 aromatic heterocycles. The van der Waals surface area contributed by atoms with Crippen LogP contribution in [-0.4, -0.2) is 23.4 Å². The largest absolute Gasteiger partial charge is 0.465 e. The highest BCUT2D eigenvalue weighted by Crippen LogP contribution is 2.17. The number of hydrogen-bond acceptors (Lipinski definition) is 4. The zero-order valence-corrected chi connectivity index (χ0v) is 14.6. The molecule has 0 aliphatic heterocycles. The third-order valence-corrected chi connectivity index (χ3v) is 4.10. The fourth-order valence-electron chi connectivity index (χ4n) is 2.54. The van der Waals surface area contributed by atoms with Crippen molar-refractivity contribution < 1.29 is 14.3 Å². The van der Waals surface area contributed by atoms with E-state index in [9.17, 15) is 14.4 Å². The molecule has 0 saturated heterocycles. The van der Waals surface area contributed by atoms with Gasteiger partial charge in [-0.2, -0.15) is 0 Å². The van der Waals surface area contributed by atoms with Gasteiger partial charge in [0, 0.05) is 28.5 Å². The molecule has 0 fully saturated rings. The first kappa shape index (κ1) is 17.6. The Kier molecular flexibility index (Phi) is 5.00. The number of rotatable bonds is 4. The average molecular weight is 368 g/mol. The van der Waals surface area contributed by atoms with Crippen LogP contribution < -0.4 is 5.56 Å². The molecule has 2 aromatic carbocycles. The summed E-state index contributed by atoms with van der Waals surface area (Å²) in [6.45, 7) is 0. The van der Waals surface area contributed by atoms with Crippen molar-refractivity contribution in [1.82, 2.24) is 4.57 Å². The lowest BCUT2D eigenvalue weighted by Crippen LogP contribution is -2.23. The van der Waals surface area contributed by atoms with Gasteiger partial charge in [0.05, 0.1) is 18.2 Å². The van der Waals surface area contributed by atoms with Crippen LogP contribution in [-0.2, 0) is 4.74 Å². The number of esters is 1. The summed E-state index contributed by atoms with van der Waals surface area (Å²) >= 11 is 5.88. The summed E-state index contributed by atoms with van der Waals surface area (Å²) in [6, 6.07) is 16.2. The second kappa shape index (κ2) is 7.37. The van der Waals surface area contributed by atoms with Crippen molar-refractivity contribution in [1.29, 1.82) is 0 Å². The number of ketones is 1. The van der Waals surface area contributed by atoms with Crippen LogP contribution in [0.3, 0.4) is 0 Å². The van der Waals surface area contributed by atoms with E-state index in [2.05, 4.69) is 0 Å². The summed E-state index contributed by atoms with van der Waals surface area (Å²) < 4.78 is 6.01. The highest BCUT2D eigenvalue weighted by Gasteiger charge is 2.21. The smallest absolute Gasteiger partial charge is 0.338 e. The number of hydrogen-bond donors (Lipinski definition) is 0. The van der Waals surface area contributed by atoms with Gasteiger partial charge in [-0.05, 0) is 24.3 Å². The molecule has 0 N–H and O–H groups in total. The number of halogens is 1. The van der Waals surface area contributed by atoms with Gasteiger partial charge in [-0.15, -0.1) is 0 Å². The Balaban J connectivity index is 2.21. The lowest BCUT2D eigenvalue weighted by molar-refractivity contribution is 0.0597. The van der Waals surface area contributed by atoms with Gasteiger partial charge in [-0.3, -0.25) is 14.2 Å². The van der Waals surface area contributed by atoms with E-state index in [0.29, 0.717) is 16.3 Å². The number of nitrogens with zero attached hydrogens (tertiary/aromatic N) is 1. The van der Waals surface area contributed by atoms with Crippen LogP contribution >= 0.6 is 11.6 Å². The van der Waals surface area contributed by atoms with Crippen molar-refractivity contribution in [3.8, 4) is 5.69 Å². The Bertz CT molecular complexity index is 1020. The molecule has 0 aliphatic carbocycles. The van der Waals surface area contributed by atoms with Gasteiger partial charge in [0.1, 0.15) is 0 Å². The number of carbonyl (C=O) groups is 2. The van der Waals surface area contributed by atoms with Crippen molar-refractivity contribution in [3.63, 3.8) is 0 Å². The van der Waals surface area contributed by atoms with Crippen LogP contribution in [0.25, 0.3) is 5.69 Å². The molecule has 0 saturated carbocycles. The highest BCUT2D eigenvalue weighted by atomic mass is 35.5. The lowest BCUT2D eigenvalue weighted by atomic mass is 10.00. The predicted octanol–water partition coefficient (Wildman–Crippen LogP) is 3.51. The summed E-state index contributed by atoms with van der Waals surface area (Å²) in [4.78, 5) is 37.4. The summed E-state index contributed by atoms with van der Waals surface area (Å²) in [5, 5.41) is 0.522. The zero-order chi connectivity index (χ0) is 18.7. The van der Waals surface area contributed by atoms with Crippen molar-refractivity contribution in [2.24, 2.45) is 0 Å². The molecule has 3 aromatic rings. The second-order valence-electron chi connectivity index (χ2n) is 5.47. The molecule has 0 amide bonds. The molecule has 1 heterocycles. The molecule has 0 aliphatic rings. The van der Waals surface area contributed by atoms with Crippen LogP contribution in [0.4, 0.5) is 0 Å². The molecule has 0 spiro atoms. The first-order chi connectivity index (χ1) is 12.5. The van der Waals surface area contributed by atoms with Gasteiger partial charge in [0.15, 0.2) is 5.78 Å². The third kappa shape index (κ3) is 3.43.